The lowest BCUT2D eigenvalue weighted by molar-refractivity contribution is 0.112. The van der Waals surface area contributed by atoms with Crippen LogP contribution in [0.3, 0.4) is 0 Å². The standard InChI is InChI=1S/C10H10FNO/c11-10-2-1-7(6-13)3-9(10)8-4-12-5-8/h1-3,6,8,12H,4-5H2. The second-order valence-electron chi connectivity index (χ2n) is 3.25. The van der Waals surface area contributed by atoms with Crippen LogP contribution in [0.15, 0.2) is 18.2 Å². The van der Waals surface area contributed by atoms with Gasteiger partial charge in [-0.3, -0.25) is 4.79 Å². The molecule has 1 fully saturated rings. The van der Waals surface area contributed by atoms with Crippen LogP contribution in [0, 0.1) is 5.82 Å². The van der Waals surface area contributed by atoms with E-state index in [2.05, 4.69) is 5.32 Å². The van der Waals surface area contributed by atoms with Gasteiger partial charge in [0.1, 0.15) is 12.1 Å². The molecule has 3 heteroatoms. The van der Waals surface area contributed by atoms with Crippen molar-refractivity contribution < 1.29 is 9.18 Å². The Morgan fingerprint density at radius 1 is 1.46 bits per heavy atom. The van der Waals surface area contributed by atoms with E-state index >= 15 is 0 Å². The predicted molar refractivity (Wildman–Crippen MR) is 47.4 cm³/mol. The summed E-state index contributed by atoms with van der Waals surface area (Å²) in [7, 11) is 0. The molecule has 1 aromatic carbocycles. The molecule has 0 atom stereocenters. The Labute approximate surface area is 75.8 Å². The number of rotatable bonds is 2. The molecule has 1 aliphatic rings. The maximum atomic E-state index is 13.2. The minimum atomic E-state index is -0.211. The molecule has 0 amide bonds. The lowest BCUT2D eigenvalue weighted by Crippen LogP contribution is -2.40. The molecule has 2 rings (SSSR count). The molecule has 0 unspecified atom stereocenters. The number of carbonyl (C=O) groups is 1. The summed E-state index contributed by atoms with van der Waals surface area (Å²) >= 11 is 0. The van der Waals surface area contributed by atoms with Crippen LogP contribution in [0.4, 0.5) is 4.39 Å². The van der Waals surface area contributed by atoms with Crippen molar-refractivity contribution in [2.45, 2.75) is 5.92 Å². The number of halogens is 1. The Bertz CT molecular complexity index is 334. The molecule has 0 radical (unpaired) electrons. The zero-order valence-corrected chi connectivity index (χ0v) is 7.09. The van der Waals surface area contributed by atoms with Crippen molar-refractivity contribution >= 4 is 6.29 Å². The molecule has 1 saturated heterocycles. The summed E-state index contributed by atoms with van der Waals surface area (Å²) in [5.41, 5.74) is 1.20. The van der Waals surface area contributed by atoms with Crippen molar-refractivity contribution in [2.24, 2.45) is 0 Å². The highest BCUT2D eigenvalue weighted by atomic mass is 19.1. The van der Waals surface area contributed by atoms with Gasteiger partial charge in [-0.25, -0.2) is 4.39 Å². The number of nitrogens with one attached hydrogen (secondary N) is 1. The first-order valence-electron chi connectivity index (χ1n) is 4.26. The van der Waals surface area contributed by atoms with Crippen LogP contribution in [0.2, 0.25) is 0 Å². The number of hydrogen-bond acceptors (Lipinski definition) is 2. The van der Waals surface area contributed by atoms with Gasteiger partial charge in [0, 0.05) is 24.6 Å². The summed E-state index contributed by atoms with van der Waals surface area (Å²) in [6.45, 7) is 1.61. The second kappa shape index (κ2) is 3.26. The smallest absolute Gasteiger partial charge is 0.150 e. The van der Waals surface area contributed by atoms with Crippen molar-refractivity contribution in [3.05, 3.63) is 35.1 Å². The van der Waals surface area contributed by atoms with Crippen molar-refractivity contribution in [1.29, 1.82) is 0 Å². The maximum absolute atomic E-state index is 13.2. The van der Waals surface area contributed by atoms with E-state index in [1.54, 1.807) is 6.07 Å². The van der Waals surface area contributed by atoms with Crippen molar-refractivity contribution in [3.8, 4) is 0 Å². The Hall–Kier alpha value is -1.22. The summed E-state index contributed by atoms with van der Waals surface area (Å²) in [5.74, 6) is 0.0250. The molecule has 0 bridgehead atoms. The Balaban J connectivity index is 2.35. The van der Waals surface area contributed by atoms with Crippen LogP contribution in [0.5, 0.6) is 0 Å². The molecule has 0 saturated carbocycles. The van der Waals surface area contributed by atoms with E-state index < -0.39 is 0 Å². The molecular weight excluding hydrogens is 169 g/mol. The third kappa shape index (κ3) is 1.47. The summed E-state index contributed by atoms with van der Waals surface area (Å²) in [5, 5.41) is 3.07. The molecule has 68 valence electrons. The van der Waals surface area contributed by atoms with Crippen LogP contribution in [-0.2, 0) is 0 Å². The molecule has 0 aliphatic carbocycles. The van der Waals surface area contributed by atoms with Crippen molar-refractivity contribution in [3.63, 3.8) is 0 Å². The molecule has 0 spiro atoms. The van der Waals surface area contributed by atoms with E-state index in [1.807, 2.05) is 0 Å². The van der Waals surface area contributed by atoms with Gasteiger partial charge in [0.05, 0.1) is 0 Å². The van der Waals surface area contributed by atoms with Crippen LogP contribution in [0.1, 0.15) is 21.8 Å². The van der Waals surface area contributed by atoms with Crippen molar-refractivity contribution in [2.75, 3.05) is 13.1 Å². The molecule has 1 heterocycles. The molecule has 1 N–H and O–H groups in total. The van der Waals surface area contributed by atoms with Crippen molar-refractivity contribution in [1.82, 2.24) is 5.32 Å². The fourth-order valence-electron chi connectivity index (χ4n) is 1.46. The minimum Gasteiger partial charge on any atom is -0.315 e. The van der Waals surface area contributed by atoms with Crippen LogP contribution in [-0.4, -0.2) is 19.4 Å². The third-order valence-electron chi connectivity index (χ3n) is 2.38. The molecule has 2 nitrogen and oxygen atoms in total. The largest absolute Gasteiger partial charge is 0.315 e. The normalized spacial score (nSPS) is 16.7. The van der Waals surface area contributed by atoms with Gasteiger partial charge in [-0.2, -0.15) is 0 Å². The first-order chi connectivity index (χ1) is 6.31. The summed E-state index contributed by atoms with van der Waals surface area (Å²) in [6.07, 6.45) is 0.745. The average molecular weight is 179 g/mol. The van der Waals surface area contributed by atoms with Gasteiger partial charge in [-0.05, 0) is 23.8 Å². The third-order valence-corrected chi connectivity index (χ3v) is 2.38. The summed E-state index contributed by atoms with van der Waals surface area (Å²) in [4.78, 5) is 10.5. The van der Waals surface area contributed by atoms with Gasteiger partial charge in [-0.1, -0.05) is 0 Å². The lowest BCUT2D eigenvalue weighted by Gasteiger charge is -2.27. The topological polar surface area (TPSA) is 29.1 Å². The zero-order chi connectivity index (χ0) is 9.26. The highest BCUT2D eigenvalue weighted by molar-refractivity contribution is 5.75. The highest BCUT2D eigenvalue weighted by Crippen LogP contribution is 2.23. The van der Waals surface area contributed by atoms with Gasteiger partial charge < -0.3 is 5.32 Å². The molecule has 0 aromatic heterocycles. The number of hydrogen-bond donors (Lipinski definition) is 1. The Kier molecular flexibility index (Phi) is 2.10. The van der Waals surface area contributed by atoms with E-state index in [4.69, 9.17) is 0 Å². The molecule has 1 aliphatic heterocycles. The van der Waals surface area contributed by atoms with Gasteiger partial charge in [0.15, 0.2) is 0 Å². The van der Waals surface area contributed by atoms with E-state index in [9.17, 15) is 9.18 Å². The van der Waals surface area contributed by atoms with E-state index in [0.717, 1.165) is 19.4 Å². The summed E-state index contributed by atoms with van der Waals surface area (Å²) in [6, 6.07) is 4.49. The average Bonchev–Trinajstić information content (AvgIpc) is 2.06. The highest BCUT2D eigenvalue weighted by Gasteiger charge is 2.22. The Morgan fingerprint density at radius 3 is 2.77 bits per heavy atom. The number of aldehydes is 1. The zero-order valence-electron chi connectivity index (χ0n) is 7.09. The number of benzene rings is 1. The number of carbonyl (C=O) groups excluding carboxylic acids is 1. The van der Waals surface area contributed by atoms with E-state index in [1.165, 1.54) is 12.1 Å². The first-order valence-corrected chi connectivity index (χ1v) is 4.26. The van der Waals surface area contributed by atoms with Gasteiger partial charge in [0.2, 0.25) is 0 Å². The van der Waals surface area contributed by atoms with E-state index in [-0.39, 0.29) is 11.7 Å². The van der Waals surface area contributed by atoms with Gasteiger partial charge in [-0.15, -0.1) is 0 Å². The monoisotopic (exact) mass is 179 g/mol. The predicted octanol–water partition coefficient (Wildman–Crippen LogP) is 1.32. The quantitative estimate of drug-likeness (QED) is 0.694. The first kappa shape index (κ1) is 8.38. The van der Waals surface area contributed by atoms with Crippen LogP contribution >= 0.6 is 0 Å². The summed E-state index contributed by atoms with van der Waals surface area (Å²) < 4.78 is 13.2. The molecule has 1 aromatic rings. The van der Waals surface area contributed by atoms with Gasteiger partial charge >= 0.3 is 0 Å². The SMILES string of the molecule is O=Cc1ccc(F)c(C2CNC2)c1. The van der Waals surface area contributed by atoms with E-state index in [0.29, 0.717) is 11.1 Å². The van der Waals surface area contributed by atoms with Crippen LogP contribution < -0.4 is 5.32 Å². The van der Waals surface area contributed by atoms with Gasteiger partial charge in [0.25, 0.3) is 0 Å². The fraction of sp³-hybridized carbons (Fsp3) is 0.300. The van der Waals surface area contributed by atoms with Crippen LogP contribution in [0.25, 0.3) is 0 Å². The second-order valence-corrected chi connectivity index (χ2v) is 3.25. The Morgan fingerprint density at radius 2 is 2.23 bits per heavy atom. The maximum Gasteiger partial charge on any atom is 0.150 e. The molecule has 13 heavy (non-hydrogen) atoms. The fourth-order valence-corrected chi connectivity index (χ4v) is 1.46. The minimum absolute atomic E-state index is 0.211. The lowest BCUT2D eigenvalue weighted by atomic mass is 9.92. The molecular formula is C10H10FNO.